The Balaban J connectivity index is 1.65. The summed E-state index contributed by atoms with van der Waals surface area (Å²) in [6.07, 6.45) is 5.66. The van der Waals surface area contributed by atoms with Crippen LogP contribution in [0.25, 0.3) is 0 Å². The van der Waals surface area contributed by atoms with Gasteiger partial charge in [0.2, 0.25) is 0 Å². The lowest BCUT2D eigenvalue weighted by atomic mass is 10.5. The highest BCUT2D eigenvalue weighted by Crippen LogP contribution is 2.03. The minimum Gasteiger partial charge on any atom is -0.310 e. The van der Waals surface area contributed by atoms with Crippen LogP contribution in [-0.2, 0) is 13.1 Å². The molecule has 0 saturated heterocycles. The lowest BCUT2D eigenvalue weighted by Crippen LogP contribution is -2.19. The van der Waals surface area contributed by atoms with E-state index in [0.29, 0.717) is 0 Å². The number of nitrogens with one attached hydrogen (secondary N) is 1. The maximum Gasteiger partial charge on any atom is 0.0794 e. The van der Waals surface area contributed by atoms with Crippen LogP contribution in [0.1, 0.15) is 4.88 Å². The fourth-order valence-corrected chi connectivity index (χ4v) is 1.73. The average molecular weight is 208 g/mol. The standard InChI is InChI=1S/C9H12N4S/c1-2-12-13(4-1)5-3-10-6-9-7-11-8-14-9/h1-2,4,7-8,10H,3,5-6H2. The first-order chi connectivity index (χ1) is 6.95. The monoisotopic (exact) mass is 208 g/mol. The summed E-state index contributed by atoms with van der Waals surface area (Å²) in [4.78, 5) is 5.28. The van der Waals surface area contributed by atoms with Crippen LogP contribution >= 0.6 is 11.3 Å². The summed E-state index contributed by atoms with van der Waals surface area (Å²) in [5.74, 6) is 0. The van der Waals surface area contributed by atoms with Crippen molar-refractivity contribution in [1.29, 1.82) is 0 Å². The molecule has 4 nitrogen and oxygen atoms in total. The molecule has 0 unspecified atom stereocenters. The predicted octanol–water partition coefficient (Wildman–Crippen LogP) is 1.13. The molecule has 2 rings (SSSR count). The molecule has 74 valence electrons. The van der Waals surface area contributed by atoms with Crippen molar-refractivity contribution in [3.8, 4) is 0 Å². The Hall–Kier alpha value is -1.20. The van der Waals surface area contributed by atoms with Crippen molar-refractivity contribution in [2.75, 3.05) is 6.54 Å². The second-order valence-corrected chi connectivity index (χ2v) is 3.88. The largest absolute Gasteiger partial charge is 0.310 e. The molecule has 14 heavy (non-hydrogen) atoms. The Labute approximate surface area is 86.6 Å². The fraction of sp³-hybridized carbons (Fsp3) is 0.333. The Kier molecular flexibility index (Phi) is 3.26. The van der Waals surface area contributed by atoms with Gasteiger partial charge in [0.05, 0.1) is 12.1 Å². The minimum atomic E-state index is 0.895. The van der Waals surface area contributed by atoms with E-state index in [1.807, 2.05) is 28.7 Å². The quantitative estimate of drug-likeness (QED) is 0.749. The van der Waals surface area contributed by atoms with E-state index in [9.17, 15) is 0 Å². The number of hydrogen-bond donors (Lipinski definition) is 1. The maximum atomic E-state index is 4.12. The first-order valence-electron chi connectivity index (χ1n) is 4.50. The highest BCUT2D eigenvalue weighted by molar-refractivity contribution is 7.09. The molecule has 0 bridgehead atoms. The van der Waals surface area contributed by atoms with Gasteiger partial charge in [0.25, 0.3) is 0 Å². The fourth-order valence-electron chi connectivity index (χ4n) is 1.17. The molecule has 0 saturated carbocycles. The number of nitrogens with zero attached hydrogens (tertiary/aromatic N) is 3. The van der Waals surface area contributed by atoms with Crippen LogP contribution in [0.2, 0.25) is 0 Å². The van der Waals surface area contributed by atoms with E-state index >= 15 is 0 Å². The summed E-state index contributed by atoms with van der Waals surface area (Å²) >= 11 is 1.67. The third-order valence-corrected chi connectivity index (χ3v) is 2.64. The predicted molar refractivity (Wildman–Crippen MR) is 56.0 cm³/mol. The van der Waals surface area contributed by atoms with Crippen molar-refractivity contribution in [3.63, 3.8) is 0 Å². The Morgan fingerprint density at radius 2 is 2.50 bits per heavy atom. The van der Waals surface area contributed by atoms with Gasteiger partial charge in [-0.2, -0.15) is 5.10 Å². The van der Waals surface area contributed by atoms with Gasteiger partial charge in [-0.3, -0.25) is 9.67 Å². The summed E-state index contributed by atoms with van der Waals surface area (Å²) in [5.41, 5.74) is 1.85. The zero-order valence-corrected chi connectivity index (χ0v) is 8.57. The highest BCUT2D eigenvalue weighted by Gasteiger charge is 1.93. The molecule has 5 heteroatoms. The highest BCUT2D eigenvalue weighted by atomic mass is 32.1. The van der Waals surface area contributed by atoms with Crippen LogP contribution in [0.3, 0.4) is 0 Å². The molecule has 2 aromatic rings. The second kappa shape index (κ2) is 4.88. The number of rotatable bonds is 5. The van der Waals surface area contributed by atoms with Crippen LogP contribution < -0.4 is 5.32 Å². The third-order valence-electron chi connectivity index (χ3n) is 1.86. The minimum absolute atomic E-state index is 0.895. The maximum absolute atomic E-state index is 4.12. The Bertz CT molecular complexity index is 305. The topological polar surface area (TPSA) is 42.7 Å². The third kappa shape index (κ3) is 2.65. The van der Waals surface area contributed by atoms with Gasteiger partial charge in [0.1, 0.15) is 0 Å². The van der Waals surface area contributed by atoms with Crippen molar-refractivity contribution in [3.05, 3.63) is 35.0 Å². The molecule has 0 aromatic carbocycles. The smallest absolute Gasteiger partial charge is 0.0794 e. The normalized spacial score (nSPS) is 10.6. The molecule has 0 atom stereocenters. The van der Waals surface area contributed by atoms with Crippen molar-refractivity contribution >= 4 is 11.3 Å². The summed E-state index contributed by atoms with van der Waals surface area (Å²) < 4.78 is 1.92. The van der Waals surface area contributed by atoms with E-state index in [1.54, 1.807) is 17.5 Å². The van der Waals surface area contributed by atoms with Crippen LogP contribution in [0.4, 0.5) is 0 Å². The molecule has 1 N–H and O–H groups in total. The van der Waals surface area contributed by atoms with E-state index in [0.717, 1.165) is 19.6 Å². The summed E-state index contributed by atoms with van der Waals surface area (Å²) in [6.45, 7) is 2.73. The van der Waals surface area contributed by atoms with Gasteiger partial charge in [-0.1, -0.05) is 0 Å². The van der Waals surface area contributed by atoms with Crippen molar-refractivity contribution < 1.29 is 0 Å². The molecule has 0 radical (unpaired) electrons. The lowest BCUT2D eigenvalue weighted by Gasteiger charge is -2.02. The van der Waals surface area contributed by atoms with E-state index in [2.05, 4.69) is 15.4 Å². The van der Waals surface area contributed by atoms with Gasteiger partial charge in [0.15, 0.2) is 0 Å². The molecule has 2 heterocycles. The first-order valence-corrected chi connectivity index (χ1v) is 5.38. The molecule has 0 amide bonds. The van der Waals surface area contributed by atoms with Crippen molar-refractivity contribution in [2.24, 2.45) is 0 Å². The van der Waals surface area contributed by atoms with Gasteiger partial charge in [-0.15, -0.1) is 11.3 Å². The van der Waals surface area contributed by atoms with E-state index < -0.39 is 0 Å². The molecular formula is C9H12N4S. The van der Waals surface area contributed by atoms with Gasteiger partial charge in [-0.05, 0) is 6.07 Å². The van der Waals surface area contributed by atoms with E-state index in [-0.39, 0.29) is 0 Å². The number of hydrogen-bond acceptors (Lipinski definition) is 4. The zero-order chi connectivity index (χ0) is 9.64. The summed E-state index contributed by atoms with van der Waals surface area (Å²) in [7, 11) is 0. The second-order valence-electron chi connectivity index (χ2n) is 2.91. The molecule has 0 spiro atoms. The summed E-state index contributed by atoms with van der Waals surface area (Å²) in [6, 6.07) is 1.93. The number of aromatic nitrogens is 3. The first kappa shape index (κ1) is 9.36. The average Bonchev–Trinajstić information content (AvgIpc) is 2.86. The van der Waals surface area contributed by atoms with Gasteiger partial charge >= 0.3 is 0 Å². The molecule has 2 aromatic heterocycles. The van der Waals surface area contributed by atoms with Gasteiger partial charge in [-0.25, -0.2) is 0 Å². The van der Waals surface area contributed by atoms with Crippen LogP contribution in [-0.4, -0.2) is 21.3 Å². The van der Waals surface area contributed by atoms with Gasteiger partial charge < -0.3 is 5.32 Å². The Morgan fingerprint density at radius 3 is 3.21 bits per heavy atom. The number of thiazole rings is 1. The van der Waals surface area contributed by atoms with E-state index in [1.165, 1.54) is 4.88 Å². The molecule has 0 aliphatic rings. The van der Waals surface area contributed by atoms with Crippen LogP contribution in [0.15, 0.2) is 30.2 Å². The lowest BCUT2D eigenvalue weighted by molar-refractivity contribution is 0.556. The Morgan fingerprint density at radius 1 is 1.50 bits per heavy atom. The molecular weight excluding hydrogens is 196 g/mol. The zero-order valence-electron chi connectivity index (χ0n) is 7.76. The van der Waals surface area contributed by atoms with Gasteiger partial charge in [0, 0.05) is 36.6 Å². The van der Waals surface area contributed by atoms with Crippen LogP contribution in [0.5, 0.6) is 0 Å². The van der Waals surface area contributed by atoms with Crippen molar-refractivity contribution in [2.45, 2.75) is 13.1 Å². The van der Waals surface area contributed by atoms with E-state index in [4.69, 9.17) is 0 Å². The molecule has 0 aliphatic carbocycles. The molecule has 0 fully saturated rings. The van der Waals surface area contributed by atoms with Crippen molar-refractivity contribution in [1.82, 2.24) is 20.1 Å². The SMILES string of the molecule is c1cnn(CCNCc2cncs2)c1. The van der Waals surface area contributed by atoms with Crippen LogP contribution in [0, 0.1) is 0 Å². The molecule has 0 aliphatic heterocycles. The summed E-state index contributed by atoms with van der Waals surface area (Å²) in [5, 5.41) is 7.45.